The first kappa shape index (κ1) is 20.2. The normalized spacial score (nSPS) is 15.7. The van der Waals surface area contributed by atoms with Gasteiger partial charge in [-0.1, -0.05) is 0 Å². The number of nitrogens with zero attached hydrogens (tertiary/aromatic N) is 3. The zero-order valence-electron chi connectivity index (χ0n) is 16.6. The van der Waals surface area contributed by atoms with Gasteiger partial charge in [-0.15, -0.1) is 0 Å². The van der Waals surface area contributed by atoms with Crippen molar-refractivity contribution < 1.29 is 18.0 Å². The van der Waals surface area contributed by atoms with Gasteiger partial charge < -0.3 is 14.5 Å². The minimum absolute atomic E-state index is 0.0819. The number of carbonyl (C=O) groups excluding carboxylic acids is 1. The monoisotopic (exact) mass is 418 g/mol. The molecule has 3 aromatic heterocycles. The number of hydrogen-bond acceptors (Lipinski definition) is 3. The molecule has 6 nitrogen and oxygen atoms in total. The number of pyridine rings is 2. The number of piperidine rings is 1. The molecule has 0 radical (unpaired) electrons. The van der Waals surface area contributed by atoms with Gasteiger partial charge in [0.05, 0.1) is 11.0 Å². The molecule has 3 aromatic rings. The van der Waals surface area contributed by atoms with Crippen molar-refractivity contribution in [3.63, 3.8) is 0 Å². The molecule has 158 valence electrons. The highest BCUT2D eigenvalue weighted by molar-refractivity contribution is 5.94. The van der Waals surface area contributed by atoms with Crippen LogP contribution in [0, 0.1) is 6.92 Å². The van der Waals surface area contributed by atoms with Crippen molar-refractivity contribution in [2.75, 3.05) is 13.1 Å². The molecule has 1 aliphatic rings. The van der Waals surface area contributed by atoms with Crippen molar-refractivity contribution in [1.29, 1.82) is 0 Å². The van der Waals surface area contributed by atoms with E-state index in [9.17, 15) is 22.8 Å². The van der Waals surface area contributed by atoms with Crippen LogP contribution < -0.4 is 5.56 Å². The maximum absolute atomic E-state index is 12.9. The third-order valence-electron chi connectivity index (χ3n) is 5.79. The molecule has 1 fully saturated rings. The third-order valence-corrected chi connectivity index (χ3v) is 5.79. The van der Waals surface area contributed by atoms with E-state index in [-0.39, 0.29) is 28.5 Å². The van der Waals surface area contributed by atoms with Gasteiger partial charge in [-0.2, -0.15) is 13.2 Å². The summed E-state index contributed by atoms with van der Waals surface area (Å²) in [7, 11) is 1.63. The summed E-state index contributed by atoms with van der Waals surface area (Å²) in [6.07, 6.45) is -3.18. The second-order valence-corrected chi connectivity index (χ2v) is 7.67. The number of aryl methyl sites for hydroxylation is 1. The van der Waals surface area contributed by atoms with Crippen LogP contribution in [0.2, 0.25) is 0 Å². The summed E-state index contributed by atoms with van der Waals surface area (Å²) in [5.41, 5.74) is 1.34. The van der Waals surface area contributed by atoms with Crippen LogP contribution >= 0.6 is 0 Å². The number of amides is 1. The molecule has 0 aromatic carbocycles. The van der Waals surface area contributed by atoms with Crippen LogP contribution in [0.4, 0.5) is 13.2 Å². The van der Waals surface area contributed by atoms with Gasteiger partial charge in [-0.25, -0.2) is 4.98 Å². The lowest BCUT2D eigenvalue weighted by Gasteiger charge is -2.31. The molecule has 30 heavy (non-hydrogen) atoms. The van der Waals surface area contributed by atoms with Crippen molar-refractivity contribution >= 4 is 16.9 Å². The molecule has 0 saturated carbocycles. The summed E-state index contributed by atoms with van der Waals surface area (Å²) in [4.78, 5) is 33.7. The Hall–Kier alpha value is -3.10. The largest absolute Gasteiger partial charge is 0.433 e. The molecule has 0 unspecified atom stereocenters. The Morgan fingerprint density at radius 1 is 1.17 bits per heavy atom. The van der Waals surface area contributed by atoms with Gasteiger partial charge in [0.25, 0.3) is 11.5 Å². The van der Waals surface area contributed by atoms with Crippen molar-refractivity contribution in [3.8, 4) is 0 Å². The van der Waals surface area contributed by atoms with Crippen LogP contribution in [0.5, 0.6) is 0 Å². The average molecular weight is 418 g/mol. The highest BCUT2D eigenvalue weighted by Crippen LogP contribution is 2.32. The Kier molecular flexibility index (Phi) is 4.91. The fraction of sp³-hybridized carbons (Fsp3) is 0.381. The fourth-order valence-corrected chi connectivity index (χ4v) is 3.86. The van der Waals surface area contributed by atoms with E-state index < -0.39 is 11.9 Å². The predicted molar refractivity (Wildman–Crippen MR) is 105 cm³/mol. The quantitative estimate of drug-likeness (QED) is 0.691. The maximum atomic E-state index is 12.9. The van der Waals surface area contributed by atoms with E-state index in [4.69, 9.17) is 0 Å². The van der Waals surface area contributed by atoms with Crippen LogP contribution in [0.3, 0.4) is 0 Å². The van der Waals surface area contributed by atoms with E-state index in [2.05, 4.69) is 9.97 Å². The van der Waals surface area contributed by atoms with Gasteiger partial charge in [0, 0.05) is 37.4 Å². The number of halogens is 3. The number of rotatable bonds is 2. The molecule has 0 atom stereocenters. The van der Waals surface area contributed by atoms with Gasteiger partial charge >= 0.3 is 6.18 Å². The van der Waals surface area contributed by atoms with Crippen molar-refractivity contribution in [1.82, 2.24) is 19.4 Å². The molecule has 1 N–H and O–H groups in total. The van der Waals surface area contributed by atoms with Crippen molar-refractivity contribution in [3.05, 3.63) is 63.3 Å². The Morgan fingerprint density at radius 3 is 2.53 bits per heavy atom. The molecule has 0 aliphatic carbocycles. The number of nitrogens with one attached hydrogen (secondary N) is 1. The van der Waals surface area contributed by atoms with Gasteiger partial charge in [-0.05, 0) is 50.1 Å². The molecular formula is C21H21F3N4O2. The Morgan fingerprint density at radius 2 is 1.87 bits per heavy atom. The van der Waals surface area contributed by atoms with Crippen LogP contribution in [-0.4, -0.2) is 38.4 Å². The minimum atomic E-state index is -4.48. The van der Waals surface area contributed by atoms with Crippen molar-refractivity contribution in [2.24, 2.45) is 7.05 Å². The van der Waals surface area contributed by atoms with Gasteiger partial charge in [0.15, 0.2) is 0 Å². The first-order valence-corrected chi connectivity index (χ1v) is 9.68. The number of aromatic amines is 1. The van der Waals surface area contributed by atoms with E-state index in [1.807, 2.05) is 0 Å². The number of H-pyrrole nitrogens is 1. The van der Waals surface area contributed by atoms with E-state index in [0.717, 1.165) is 17.5 Å². The predicted octanol–water partition coefficient (Wildman–Crippen LogP) is 3.61. The standard InChI is InChI=1S/C21H21F3N4O2/c1-12-3-4-14(19(29)27(12)2)20(30)28-9-7-13(8-10-28)16-11-17-15(25-16)5-6-18(26-17)21(22,23)24/h3-6,11,13,25H,7-10H2,1-2H3. The number of fused-ring (bicyclic) bond motifs is 1. The lowest BCUT2D eigenvalue weighted by Crippen LogP contribution is -2.41. The second kappa shape index (κ2) is 7.30. The van der Waals surface area contributed by atoms with E-state index >= 15 is 0 Å². The Balaban J connectivity index is 1.49. The lowest BCUT2D eigenvalue weighted by molar-refractivity contribution is -0.140. The van der Waals surface area contributed by atoms with Crippen LogP contribution in [0.15, 0.2) is 35.1 Å². The molecule has 1 aliphatic heterocycles. The molecule has 9 heteroatoms. The maximum Gasteiger partial charge on any atom is 0.433 e. The lowest BCUT2D eigenvalue weighted by atomic mass is 9.93. The average Bonchev–Trinajstić information content (AvgIpc) is 3.14. The fourth-order valence-electron chi connectivity index (χ4n) is 3.86. The van der Waals surface area contributed by atoms with Crippen LogP contribution in [0.25, 0.3) is 11.0 Å². The number of likely N-dealkylation sites (tertiary alicyclic amines) is 1. The number of hydrogen-bond donors (Lipinski definition) is 1. The summed E-state index contributed by atoms with van der Waals surface area (Å²) < 4.78 is 40.1. The summed E-state index contributed by atoms with van der Waals surface area (Å²) in [5, 5.41) is 0. The highest BCUT2D eigenvalue weighted by atomic mass is 19.4. The molecule has 1 amide bonds. The highest BCUT2D eigenvalue weighted by Gasteiger charge is 2.33. The number of carbonyl (C=O) groups is 1. The summed E-state index contributed by atoms with van der Waals surface area (Å²) in [5.74, 6) is -0.208. The zero-order chi connectivity index (χ0) is 21.6. The minimum Gasteiger partial charge on any atom is -0.357 e. The third kappa shape index (κ3) is 3.59. The van der Waals surface area contributed by atoms with Gasteiger partial charge in [0.2, 0.25) is 0 Å². The molecule has 1 saturated heterocycles. The van der Waals surface area contributed by atoms with Gasteiger partial charge in [0.1, 0.15) is 11.3 Å². The van der Waals surface area contributed by atoms with Crippen molar-refractivity contribution in [2.45, 2.75) is 31.9 Å². The van der Waals surface area contributed by atoms with Gasteiger partial charge in [-0.3, -0.25) is 9.59 Å². The number of aromatic nitrogens is 3. The summed E-state index contributed by atoms with van der Waals surface area (Å²) in [6.45, 7) is 2.74. The molecule has 4 rings (SSSR count). The summed E-state index contributed by atoms with van der Waals surface area (Å²) >= 11 is 0. The SMILES string of the molecule is Cc1ccc(C(=O)N2CCC(c3cc4nc(C(F)(F)F)ccc4[nH]3)CC2)c(=O)n1C. The second-order valence-electron chi connectivity index (χ2n) is 7.67. The topological polar surface area (TPSA) is 71.0 Å². The Bertz CT molecular complexity index is 1170. The molecule has 0 bridgehead atoms. The smallest absolute Gasteiger partial charge is 0.357 e. The van der Waals surface area contributed by atoms with Crippen LogP contribution in [-0.2, 0) is 13.2 Å². The number of alkyl halides is 3. The Labute approximate surface area is 170 Å². The molecule has 4 heterocycles. The first-order chi connectivity index (χ1) is 14.1. The van der Waals surface area contributed by atoms with E-state index in [0.29, 0.717) is 31.4 Å². The van der Waals surface area contributed by atoms with E-state index in [1.165, 1.54) is 10.6 Å². The van der Waals surface area contributed by atoms with Crippen LogP contribution in [0.1, 0.15) is 46.2 Å². The van der Waals surface area contributed by atoms with E-state index in [1.54, 1.807) is 37.1 Å². The first-order valence-electron chi connectivity index (χ1n) is 9.68. The molecule has 0 spiro atoms. The summed E-state index contributed by atoms with van der Waals surface area (Å²) in [6, 6.07) is 7.32. The zero-order valence-corrected chi connectivity index (χ0v) is 16.6. The molecular weight excluding hydrogens is 397 g/mol.